The minimum Gasteiger partial charge on any atom is -0.462 e. The molecule has 0 aromatic rings. The van der Waals surface area contributed by atoms with Crippen molar-refractivity contribution < 1.29 is 80.2 Å². The van der Waals surface area contributed by atoms with Gasteiger partial charge in [-0.2, -0.15) is 0 Å². The number of rotatable bonds is 63. The summed E-state index contributed by atoms with van der Waals surface area (Å²) in [4.78, 5) is 72.3. The zero-order valence-corrected chi connectivity index (χ0v) is 57.0. The Bertz CT molecular complexity index is 1790. The highest BCUT2D eigenvalue weighted by Crippen LogP contribution is 2.45. The average molecular weight is 1270 g/mol. The number of hydrogen-bond acceptors (Lipinski definition) is 15. The lowest BCUT2D eigenvalue weighted by Crippen LogP contribution is -2.30. The van der Waals surface area contributed by atoms with E-state index in [1.807, 2.05) is 0 Å². The predicted molar refractivity (Wildman–Crippen MR) is 344 cm³/mol. The zero-order valence-electron chi connectivity index (χ0n) is 55.3. The maximum atomic E-state index is 13.0. The van der Waals surface area contributed by atoms with Gasteiger partial charge in [-0.15, -0.1) is 0 Å². The molecule has 0 aliphatic carbocycles. The molecular formula is C67H126O17P2. The number of unbranched alkanes of at least 4 members (excludes halogenated alkanes) is 28. The van der Waals surface area contributed by atoms with E-state index >= 15 is 0 Å². The van der Waals surface area contributed by atoms with Crippen LogP contribution in [0.1, 0.15) is 305 Å². The number of phosphoric acid groups is 2. The van der Waals surface area contributed by atoms with Crippen molar-refractivity contribution in [1.29, 1.82) is 0 Å². The van der Waals surface area contributed by atoms with Crippen LogP contribution in [0, 0.1) is 17.8 Å². The highest BCUT2D eigenvalue weighted by atomic mass is 31.2. The fourth-order valence-corrected chi connectivity index (χ4v) is 11.0. The predicted octanol–water partition coefficient (Wildman–Crippen LogP) is 18.2. The number of phosphoric ester groups is 2. The molecule has 0 bridgehead atoms. The van der Waals surface area contributed by atoms with Gasteiger partial charge in [0.2, 0.25) is 0 Å². The first-order valence-corrected chi connectivity index (χ1v) is 37.2. The van der Waals surface area contributed by atoms with Crippen LogP contribution < -0.4 is 0 Å². The maximum Gasteiger partial charge on any atom is 0.472 e. The third kappa shape index (κ3) is 60.5. The van der Waals surface area contributed by atoms with E-state index < -0.39 is 97.5 Å². The topological polar surface area (TPSA) is 237 Å². The second kappa shape index (κ2) is 57.7. The van der Waals surface area contributed by atoms with Crippen LogP contribution in [0.15, 0.2) is 24.3 Å². The first kappa shape index (κ1) is 83.5. The number of aliphatic hydroxyl groups is 1. The third-order valence-electron chi connectivity index (χ3n) is 14.8. The molecule has 0 aliphatic rings. The summed E-state index contributed by atoms with van der Waals surface area (Å²) in [6.07, 6.45) is 42.9. The lowest BCUT2D eigenvalue weighted by molar-refractivity contribution is -0.161. The molecule has 3 N–H and O–H groups in total. The summed E-state index contributed by atoms with van der Waals surface area (Å²) in [5.41, 5.74) is 0. The number of allylic oxidation sites excluding steroid dienone is 4. The molecular weight excluding hydrogens is 1140 g/mol. The summed E-state index contributed by atoms with van der Waals surface area (Å²) < 4.78 is 68.0. The number of hydrogen-bond donors (Lipinski definition) is 3. The van der Waals surface area contributed by atoms with E-state index in [9.17, 15) is 43.2 Å². The standard InChI is InChI=1S/C67H126O17P2/c1-8-9-10-11-12-13-14-15-16-17-18-23-26-36-43-50-66(71)83-62(54-77-64(69)48-41-34-25-22-20-19-21-24-31-38-45-58(2)3)56-81-85(73,74)79-52-61(68)53-80-86(75,76)82-57-63(84-67(72)51-44-37-30-28-33-40-47-60(6)7)55-78-65(70)49-42-35-29-27-32-39-46-59(4)5/h13-16,58-63,68H,8-12,17-57H2,1-7H3,(H,73,74)(H,75,76)/b14-13-,16-15-/t61-,62-,63-/m1/s1. The molecule has 0 rings (SSSR count). The molecule has 0 aromatic carbocycles. The van der Waals surface area contributed by atoms with Gasteiger partial charge in [0.25, 0.3) is 0 Å². The molecule has 0 aliphatic heterocycles. The van der Waals surface area contributed by atoms with Crippen molar-refractivity contribution in [3.8, 4) is 0 Å². The van der Waals surface area contributed by atoms with E-state index in [4.69, 9.17) is 37.0 Å². The first-order chi connectivity index (χ1) is 41.2. The van der Waals surface area contributed by atoms with Crippen molar-refractivity contribution in [3.05, 3.63) is 24.3 Å². The smallest absolute Gasteiger partial charge is 0.462 e. The zero-order chi connectivity index (χ0) is 63.8. The maximum absolute atomic E-state index is 13.0. The first-order valence-electron chi connectivity index (χ1n) is 34.2. The Hall–Kier alpha value is -2.46. The highest BCUT2D eigenvalue weighted by molar-refractivity contribution is 7.47. The van der Waals surface area contributed by atoms with Gasteiger partial charge in [0, 0.05) is 25.7 Å². The van der Waals surface area contributed by atoms with Crippen molar-refractivity contribution in [3.63, 3.8) is 0 Å². The fraction of sp³-hybridized carbons (Fsp3) is 0.881. The van der Waals surface area contributed by atoms with E-state index in [0.29, 0.717) is 37.5 Å². The monoisotopic (exact) mass is 1260 g/mol. The second-order valence-electron chi connectivity index (χ2n) is 25.0. The van der Waals surface area contributed by atoms with Gasteiger partial charge in [0.05, 0.1) is 26.4 Å². The van der Waals surface area contributed by atoms with E-state index in [2.05, 4.69) is 72.8 Å². The van der Waals surface area contributed by atoms with Crippen LogP contribution in [0.25, 0.3) is 0 Å². The van der Waals surface area contributed by atoms with Gasteiger partial charge in [-0.25, -0.2) is 9.13 Å². The Morgan fingerprint density at radius 1 is 0.360 bits per heavy atom. The average Bonchev–Trinajstić information content (AvgIpc) is 3.58. The molecule has 0 saturated heterocycles. The molecule has 0 spiro atoms. The Morgan fingerprint density at radius 3 is 0.942 bits per heavy atom. The largest absolute Gasteiger partial charge is 0.472 e. The molecule has 0 fully saturated rings. The quantitative estimate of drug-likeness (QED) is 0.0169. The Morgan fingerprint density at radius 2 is 0.628 bits per heavy atom. The highest BCUT2D eigenvalue weighted by Gasteiger charge is 2.30. The van der Waals surface area contributed by atoms with Crippen LogP contribution in [0.5, 0.6) is 0 Å². The lowest BCUT2D eigenvalue weighted by atomic mass is 10.0. The summed E-state index contributed by atoms with van der Waals surface area (Å²) in [5, 5.41) is 10.5. The van der Waals surface area contributed by atoms with Crippen molar-refractivity contribution in [2.75, 3.05) is 39.6 Å². The molecule has 17 nitrogen and oxygen atoms in total. The molecule has 506 valence electrons. The molecule has 86 heavy (non-hydrogen) atoms. The SMILES string of the molecule is CCCCCC/C=C\C=C/CCCCCCCC(=O)O[C@H](COC(=O)CCCCCCCCCCCCC(C)C)COP(=O)(O)OC[C@@H](O)COP(=O)(O)OC[C@@H](COC(=O)CCCCCCCCC(C)C)OC(=O)CCCCCCCCC(C)C. The Balaban J connectivity index is 5.27. The van der Waals surface area contributed by atoms with Gasteiger partial charge in [0.15, 0.2) is 12.2 Å². The molecule has 0 saturated carbocycles. The van der Waals surface area contributed by atoms with E-state index in [1.54, 1.807) is 0 Å². The van der Waals surface area contributed by atoms with Crippen LogP contribution >= 0.6 is 15.6 Å². The summed E-state index contributed by atoms with van der Waals surface area (Å²) in [6.45, 7) is 11.6. The van der Waals surface area contributed by atoms with Crippen LogP contribution in [-0.4, -0.2) is 96.7 Å². The summed E-state index contributed by atoms with van der Waals surface area (Å²) >= 11 is 0. The number of esters is 4. The van der Waals surface area contributed by atoms with Gasteiger partial charge in [0.1, 0.15) is 19.3 Å². The van der Waals surface area contributed by atoms with Crippen LogP contribution in [-0.2, 0) is 65.4 Å². The van der Waals surface area contributed by atoms with E-state index in [1.165, 1.54) is 96.3 Å². The fourth-order valence-electron chi connectivity index (χ4n) is 9.47. The molecule has 2 unspecified atom stereocenters. The lowest BCUT2D eigenvalue weighted by Gasteiger charge is -2.21. The molecule has 0 heterocycles. The molecule has 0 amide bonds. The molecule has 19 heteroatoms. The number of carbonyl (C=O) groups excluding carboxylic acids is 4. The normalized spacial score (nSPS) is 14.5. The van der Waals surface area contributed by atoms with Crippen LogP contribution in [0.2, 0.25) is 0 Å². The van der Waals surface area contributed by atoms with Gasteiger partial charge in [-0.3, -0.25) is 37.3 Å². The Kier molecular flexibility index (Phi) is 56.0. The van der Waals surface area contributed by atoms with Crippen molar-refractivity contribution in [1.82, 2.24) is 0 Å². The van der Waals surface area contributed by atoms with Crippen LogP contribution in [0.3, 0.4) is 0 Å². The van der Waals surface area contributed by atoms with Crippen molar-refractivity contribution in [2.24, 2.45) is 17.8 Å². The van der Waals surface area contributed by atoms with E-state index in [-0.39, 0.29) is 25.7 Å². The number of ether oxygens (including phenoxy) is 4. The number of carbonyl (C=O) groups is 4. The summed E-state index contributed by atoms with van der Waals surface area (Å²) in [7, 11) is -9.91. The molecule has 5 atom stereocenters. The molecule has 0 radical (unpaired) electrons. The third-order valence-corrected chi connectivity index (χ3v) is 16.7. The van der Waals surface area contributed by atoms with Crippen LogP contribution in [0.4, 0.5) is 0 Å². The van der Waals surface area contributed by atoms with E-state index in [0.717, 1.165) is 115 Å². The number of aliphatic hydroxyl groups excluding tert-OH is 1. The van der Waals surface area contributed by atoms with Crippen molar-refractivity contribution in [2.45, 2.75) is 324 Å². The van der Waals surface area contributed by atoms with Gasteiger partial charge in [-0.1, -0.05) is 253 Å². The van der Waals surface area contributed by atoms with Crippen molar-refractivity contribution >= 4 is 39.5 Å². The summed E-state index contributed by atoms with van der Waals surface area (Å²) in [5.74, 6) is -0.0669. The second-order valence-corrected chi connectivity index (χ2v) is 27.9. The minimum absolute atomic E-state index is 0.0840. The van der Waals surface area contributed by atoms with Gasteiger partial charge >= 0.3 is 39.5 Å². The summed E-state index contributed by atoms with van der Waals surface area (Å²) in [6, 6.07) is 0. The van der Waals surface area contributed by atoms with Gasteiger partial charge in [-0.05, 0) is 69.1 Å². The minimum atomic E-state index is -4.96. The Labute approximate surface area is 522 Å². The molecule has 0 aromatic heterocycles. The van der Waals surface area contributed by atoms with Gasteiger partial charge < -0.3 is 33.8 Å².